The van der Waals surface area contributed by atoms with Gasteiger partial charge < -0.3 is 10.1 Å². The first-order valence-electron chi connectivity index (χ1n) is 8.51. The maximum atomic E-state index is 12.0. The van der Waals surface area contributed by atoms with Crippen LogP contribution in [0.5, 0.6) is 5.75 Å². The van der Waals surface area contributed by atoms with Crippen LogP contribution in [-0.2, 0) is 19.4 Å². The molecule has 0 saturated carbocycles. The molecule has 0 amide bonds. The van der Waals surface area contributed by atoms with Crippen molar-refractivity contribution < 1.29 is 4.74 Å². The zero-order chi connectivity index (χ0) is 17.1. The highest BCUT2D eigenvalue weighted by molar-refractivity contribution is 5.37. The second-order valence-electron chi connectivity index (χ2n) is 6.50. The number of benzene rings is 1. The van der Waals surface area contributed by atoms with E-state index >= 15 is 0 Å². The van der Waals surface area contributed by atoms with E-state index < -0.39 is 0 Å². The van der Waals surface area contributed by atoms with Crippen molar-refractivity contribution >= 4 is 0 Å². The Balaban J connectivity index is 1.59. The first kappa shape index (κ1) is 16.7. The molecule has 1 aliphatic carbocycles. The summed E-state index contributed by atoms with van der Waals surface area (Å²) in [6, 6.07) is 8.74. The summed E-state index contributed by atoms with van der Waals surface area (Å²) in [5.74, 6) is 0.919. The lowest BCUT2D eigenvalue weighted by Crippen LogP contribution is -2.38. The molecular formula is C19H25N3O2. The van der Waals surface area contributed by atoms with E-state index in [0.717, 1.165) is 42.9 Å². The molecule has 24 heavy (non-hydrogen) atoms. The van der Waals surface area contributed by atoms with Crippen LogP contribution in [0.2, 0.25) is 0 Å². The van der Waals surface area contributed by atoms with E-state index in [1.165, 1.54) is 11.1 Å². The van der Waals surface area contributed by atoms with Gasteiger partial charge in [-0.05, 0) is 62.4 Å². The Kier molecular flexibility index (Phi) is 5.00. The van der Waals surface area contributed by atoms with E-state index in [0.29, 0.717) is 12.6 Å². The molecule has 1 aromatic carbocycles. The molecule has 0 spiro atoms. The number of methoxy groups -OCH3 is 1. The largest absolute Gasteiger partial charge is 0.497 e. The van der Waals surface area contributed by atoms with E-state index in [1.807, 2.05) is 26.0 Å². The highest BCUT2D eigenvalue weighted by atomic mass is 16.5. The molecule has 1 atom stereocenters. The Morgan fingerprint density at radius 2 is 2.12 bits per heavy atom. The molecule has 1 aliphatic rings. The fraction of sp³-hybridized carbons (Fsp3) is 0.474. The second kappa shape index (κ2) is 7.18. The monoisotopic (exact) mass is 327 g/mol. The summed E-state index contributed by atoms with van der Waals surface area (Å²) < 4.78 is 7.06. The third kappa shape index (κ3) is 3.67. The first-order valence-corrected chi connectivity index (χ1v) is 8.51. The average Bonchev–Trinajstić information content (AvgIpc) is 2.56. The van der Waals surface area contributed by atoms with Gasteiger partial charge in [-0.15, -0.1) is 0 Å². The van der Waals surface area contributed by atoms with Gasteiger partial charge in [-0.25, -0.2) is 4.79 Å². The predicted molar refractivity (Wildman–Crippen MR) is 94.8 cm³/mol. The van der Waals surface area contributed by atoms with Crippen molar-refractivity contribution in [2.24, 2.45) is 0 Å². The normalized spacial score (nSPS) is 16.7. The molecule has 0 unspecified atom stereocenters. The van der Waals surface area contributed by atoms with E-state index in [9.17, 15) is 4.79 Å². The van der Waals surface area contributed by atoms with Gasteiger partial charge in [0.1, 0.15) is 5.75 Å². The zero-order valence-electron chi connectivity index (χ0n) is 14.6. The lowest BCUT2D eigenvalue weighted by atomic mass is 9.88. The Labute approximate surface area is 142 Å². The average molecular weight is 327 g/mol. The van der Waals surface area contributed by atoms with Gasteiger partial charge in [0.2, 0.25) is 0 Å². The number of hydrogen-bond acceptors (Lipinski definition) is 4. The Morgan fingerprint density at radius 1 is 1.29 bits per heavy atom. The molecular weight excluding hydrogens is 302 g/mol. The molecule has 0 bridgehead atoms. The minimum Gasteiger partial charge on any atom is -0.497 e. The Hall–Kier alpha value is -2.14. The fourth-order valence-corrected chi connectivity index (χ4v) is 3.46. The van der Waals surface area contributed by atoms with E-state index in [4.69, 9.17) is 4.74 Å². The van der Waals surface area contributed by atoms with E-state index in [-0.39, 0.29) is 5.69 Å². The maximum Gasteiger partial charge on any atom is 0.347 e. The van der Waals surface area contributed by atoms with Crippen molar-refractivity contribution in [2.45, 2.75) is 45.7 Å². The van der Waals surface area contributed by atoms with Gasteiger partial charge in [-0.2, -0.15) is 4.98 Å². The van der Waals surface area contributed by atoms with Crippen LogP contribution in [0.4, 0.5) is 0 Å². The predicted octanol–water partition coefficient (Wildman–Crippen LogP) is 2.02. The quantitative estimate of drug-likeness (QED) is 0.913. The lowest BCUT2D eigenvalue weighted by molar-refractivity contribution is 0.409. The van der Waals surface area contributed by atoms with Crippen molar-refractivity contribution in [3.05, 3.63) is 57.3 Å². The smallest absolute Gasteiger partial charge is 0.347 e. The molecule has 1 N–H and O–H groups in total. The van der Waals surface area contributed by atoms with Crippen molar-refractivity contribution in [2.75, 3.05) is 13.7 Å². The Bertz CT molecular complexity index is 783. The molecule has 5 nitrogen and oxygen atoms in total. The molecule has 0 saturated heterocycles. The van der Waals surface area contributed by atoms with Gasteiger partial charge in [0.05, 0.1) is 7.11 Å². The van der Waals surface area contributed by atoms with Gasteiger partial charge in [-0.3, -0.25) is 4.57 Å². The molecule has 1 aromatic heterocycles. The summed E-state index contributed by atoms with van der Waals surface area (Å²) in [7, 11) is 1.70. The van der Waals surface area contributed by atoms with Crippen LogP contribution in [0, 0.1) is 13.8 Å². The summed E-state index contributed by atoms with van der Waals surface area (Å²) in [5, 5.41) is 3.59. The fourth-order valence-electron chi connectivity index (χ4n) is 3.46. The molecule has 5 heteroatoms. The maximum absolute atomic E-state index is 12.0. The van der Waals surface area contributed by atoms with Crippen LogP contribution in [-0.4, -0.2) is 29.2 Å². The van der Waals surface area contributed by atoms with Crippen molar-refractivity contribution in [3.63, 3.8) is 0 Å². The van der Waals surface area contributed by atoms with E-state index in [2.05, 4.69) is 22.4 Å². The summed E-state index contributed by atoms with van der Waals surface area (Å²) in [5.41, 5.74) is 4.37. The van der Waals surface area contributed by atoms with Crippen molar-refractivity contribution in [1.29, 1.82) is 0 Å². The van der Waals surface area contributed by atoms with Crippen molar-refractivity contribution in [1.82, 2.24) is 14.9 Å². The third-order valence-electron chi connectivity index (χ3n) is 4.76. The van der Waals surface area contributed by atoms with Crippen LogP contribution >= 0.6 is 0 Å². The third-order valence-corrected chi connectivity index (χ3v) is 4.76. The molecule has 3 rings (SSSR count). The highest BCUT2D eigenvalue weighted by Crippen LogP contribution is 2.25. The second-order valence-corrected chi connectivity index (χ2v) is 6.50. The van der Waals surface area contributed by atoms with Crippen LogP contribution in [0.15, 0.2) is 29.1 Å². The Morgan fingerprint density at radius 3 is 2.88 bits per heavy atom. The number of nitrogens with zero attached hydrogens (tertiary/aromatic N) is 2. The van der Waals surface area contributed by atoms with Crippen LogP contribution in [0.3, 0.4) is 0 Å². The van der Waals surface area contributed by atoms with Crippen LogP contribution in [0.1, 0.15) is 28.9 Å². The summed E-state index contributed by atoms with van der Waals surface area (Å²) in [6.07, 6.45) is 3.22. The number of aryl methyl sites for hydroxylation is 3. The minimum absolute atomic E-state index is 0.159. The molecule has 0 fully saturated rings. The molecule has 0 aliphatic heterocycles. The number of aromatic nitrogens is 2. The van der Waals surface area contributed by atoms with Gasteiger partial charge >= 0.3 is 5.69 Å². The molecule has 2 aromatic rings. The topological polar surface area (TPSA) is 56.1 Å². The summed E-state index contributed by atoms with van der Waals surface area (Å²) in [6.45, 7) is 5.23. The summed E-state index contributed by atoms with van der Waals surface area (Å²) >= 11 is 0. The standard InChI is InChI=1S/C19H25N3O2/c1-13-10-14(2)22(19(23)21-13)9-8-20-17-6-4-15-5-7-18(24-3)12-16(15)11-17/h5,7,10,12,17,20H,4,6,8-9,11H2,1-3H3/t17-/m0/s1. The van der Waals surface area contributed by atoms with Gasteiger partial charge in [0, 0.05) is 30.5 Å². The first-order chi connectivity index (χ1) is 11.6. The van der Waals surface area contributed by atoms with Crippen LogP contribution in [0.25, 0.3) is 0 Å². The SMILES string of the molecule is COc1ccc2c(c1)C[C@@H](NCCn1c(C)cc(C)nc1=O)CC2. The van der Waals surface area contributed by atoms with Crippen molar-refractivity contribution in [3.8, 4) is 5.75 Å². The van der Waals surface area contributed by atoms with E-state index in [1.54, 1.807) is 11.7 Å². The number of fused-ring (bicyclic) bond motifs is 1. The minimum atomic E-state index is -0.159. The van der Waals surface area contributed by atoms with Gasteiger partial charge in [0.25, 0.3) is 0 Å². The summed E-state index contributed by atoms with van der Waals surface area (Å²) in [4.78, 5) is 16.0. The number of rotatable bonds is 5. The molecule has 0 radical (unpaired) electrons. The highest BCUT2D eigenvalue weighted by Gasteiger charge is 2.18. The number of hydrogen-bond donors (Lipinski definition) is 1. The van der Waals surface area contributed by atoms with Gasteiger partial charge in [-0.1, -0.05) is 6.07 Å². The molecule has 1 heterocycles. The molecule has 128 valence electrons. The number of ether oxygens (including phenoxy) is 1. The lowest BCUT2D eigenvalue weighted by Gasteiger charge is -2.26. The number of nitrogens with one attached hydrogen (secondary N) is 1. The van der Waals surface area contributed by atoms with Crippen LogP contribution < -0.4 is 15.7 Å². The zero-order valence-corrected chi connectivity index (χ0v) is 14.6. The van der Waals surface area contributed by atoms with Gasteiger partial charge in [0.15, 0.2) is 0 Å².